The number of carbonyl (C=O) groups is 4. The maximum atomic E-state index is 12.3. The van der Waals surface area contributed by atoms with Crippen molar-refractivity contribution in [2.24, 2.45) is 5.73 Å². The van der Waals surface area contributed by atoms with Gasteiger partial charge in [0.25, 0.3) is 0 Å². The first-order chi connectivity index (χ1) is 15.2. The molecule has 0 spiro atoms. The van der Waals surface area contributed by atoms with Crippen molar-refractivity contribution < 1.29 is 38.1 Å². The van der Waals surface area contributed by atoms with Crippen LogP contribution in [0.4, 0.5) is 0 Å². The van der Waals surface area contributed by atoms with Gasteiger partial charge in [-0.25, -0.2) is 0 Å². The van der Waals surface area contributed by atoms with Crippen LogP contribution in [0.1, 0.15) is 65.4 Å². The monoisotopic (exact) mass is 451 g/mol. The summed E-state index contributed by atoms with van der Waals surface area (Å²) in [5.41, 5.74) is 6.55. The van der Waals surface area contributed by atoms with Gasteiger partial charge in [0.05, 0.1) is 0 Å². The average molecular weight is 452 g/mol. The fraction of sp³-hybridized carbons (Fsp3) is 0.565. The van der Waals surface area contributed by atoms with Gasteiger partial charge >= 0.3 is 23.9 Å². The van der Waals surface area contributed by atoms with Gasteiger partial charge in [-0.05, 0) is 43.9 Å². The van der Waals surface area contributed by atoms with E-state index in [9.17, 15) is 19.2 Å². The number of ether oxygens (including phenoxy) is 4. The molecule has 9 nitrogen and oxygen atoms in total. The van der Waals surface area contributed by atoms with Crippen molar-refractivity contribution in [2.75, 3.05) is 6.61 Å². The van der Waals surface area contributed by atoms with Crippen LogP contribution in [-0.4, -0.2) is 42.6 Å². The molecule has 1 aromatic rings. The Labute approximate surface area is 188 Å². The maximum Gasteiger partial charge on any atom is 0.323 e. The van der Waals surface area contributed by atoms with E-state index in [1.54, 1.807) is 19.9 Å². The molecule has 0 aliphatic carbocycles. The highest BCUT2D eigenvalue weighted by molar-refractivity contribution is 5.77. The van der Waals surface area contributed by atoms with Crippen molar-refractivity contribution in [1.29, 1.82) is 0 Å². The summed E-state index contributed by atoms with van der Waals surface area (Å²) in [7, 11) is 0. The summed E-state index contributed by atoms with van der Waals surface area (Å²) in [6.45, 7) is 6.90. The molecular formula is C23H33NO8. The molecule has 2 N–H and O–H groups in total. The van der Waals surface area contributed by atoms with Crippen LogP contribution < -0.4 is 15.2 Å². The Morgan fingerprint density at radius 1 is 0.906 bits per heavy atom. The molecular weight excluding hydrogens is 418 g/mol. The van der Waals surface area contributed by atoms with E-state index < -0.39 is 30.1 Å². The molecule has 32 heavy (non-hydrogen) atoms. The number of benzene rings is 1. The maximum absolute atomic E-state index is 12.3. The quantitative estimate of drug-likeness (QED) is 0.355. The molecule has 0 aliphatic rings. The first-order valence-corrected chi connectivity index (χ1v) is 10.9. The minimum Gasteiger partial charge on any atom is -0.462 e. The summed E-state index contributed by atoms with van der Waals surface area (Å²) in [6.07, 6.45) is 1.35. The Morgan fingerprint density at radius 3 is 2.06 bits per heavy atom. The Balaban J connectivity index is 2.85. The lowest BCUT2D eigenvalue weighted by molar-refractivity contribution is -0.158. The highest BCUT2D eigenvalue weighted by Gasteiger charge is 2.21. The summed E-state index contributed by atoms with van der Waals surface area (Å²) in [5, 5.41) is 0. The molecule has 0 saturated carbocycles. The van der Waals surface area contributed by atoms with E-state index in [-0.39, 0.29) is 49.8 Å². The lowest BCUT2D eigenvalue weighted by Gasteiger charge is -2.17. The first-order valence-electron chi connectivity index (χ1n) is 10.9. The fourth-order valence-electron chi connectivity index (χ4n) is 2.57. The first kappa shape index (κ1) is 27.1. The Bertz CT molecular complexity index is 792. The van der Waals surface area contributed by atoms with E-state index in [0.29, 0.717) is 18.4 Å². The van der Waals surface area contributed by atoms with Gasteiger partial charge in [0.15, 0.2) is 11.5 Å². The van der Waals surface area contributed by atoms with Crippen LogP contribution in [0.3, 0.4) is 0 Å². The van der Waals surface area contributed by atoms with Gasteiger partial charge in [-0.3, -0.25) is 19.2 Å². The van der Waals surface area contributed by atoms with Gasteiger partial charge in [0.2, 0.25) is 0 Å². The second-order valence-electron chi connectivity index (χ2n) is 7.32. The summed E-state index contributed by atoms with van der Waals surface area (Å²) >= 11 is 0. The second-order valence-corrected chi connectivity index (χ2v) is 7.32. The van der Waals surface area contributed by atoms with Crippen molar-refractivity contribution in [2.45, 2.75) is 78.4 Å². The van der Waals surface area contributed by atoms with E-state index in [1.165, 1.54) is 12.1 Å². The molecule has 0 bridgehead atoms. The highest BCUT2D eigenvalue weighted by atomic mass is 16.6. The summed E-state index contributed by atoms with van der Waals surface area (Å²) < 4.78 is 20.8. The SMILES string of the molecule is CCCC(=O)Oc1ccc(C[C@H](N)C(=O)O[C@@H](C)COC(=O)CC)cc1OC(=O)CCC. The Kier molecular flexibility index (Phi) is 12.0. The van der Waals surface area contributed by atoms with Crippen LogP contribution in [0.5, 0.6) is 11.5 Å². The molecule has 0 radical (unpaired) electrons. The molecule has 0 aliphatic heterocycles. The number of hydrogen-bond acceptors (Lipinski definition) is 9. The predicted octanol–water partition coefficient (Wildman–Crippen LogP) is 2.85. The zero-order chi connectivity index (χ0) is 24.1. The van der Waals surface area contributed by atoms with Crippen molar-refractivity contribution in [3.05, 3.63) is 23.8 Å². The van der Waals surface area contributed by atoms with Gasteiger partial charge in [-0.15, -0.1) is 0 Å². The van der Waals surface area contributed by atoms with Crippen molar-refractivity contribution in [1.82, 2.24) is 0 Å². The van der Waals surface area contributed by atoms with E-state index in [4.69, 9.17) is 24.7 Å². The van der Waals surface area contributed by atoms with E-state index >= 15 is 0 Å². The van der Waals surface area contributed by atoms with Gasteiger partial charge in [-0.2, -0.15) is 0 Å². The third-order valence-corrected chi connectivity index (χ3v) is 4.21. The van der Waals surface area contributed by atoms with Gasteiger partial charge in [-0.1, -0.05) is 26.8 Å². The normalized spacial score (nSPS) is 12.4. The summed E-state index contributed by atoms with van der Waals surface area (Å²) in [4.78, 5) is 47.3. The van der Waals surface area contributed by atoms with Crippen LogP contribution in [0.2, 0.25) is 0 Å². The number of hydrogen-bond donors (Lipinski definition) is 1. The lowest BCUT2D eigenvalue weighted by Crippen LogP contribution is -2.37. The molecule has 9 heteroatoms. The smallest absolute Gasteiger partial charge is 0.323 e. The molecule has 0 aromatic heterocycles. The number of esters is 4. The fourth-order valence-corrected chi connectivity index (χ4v) is 2.57. The standard InChI is InChI=1S/C23H33NO8/c1-5-8-21(26)31-18-11-10-16(13-19(18)32-22(27)9-6-2)12-17(24)23(28)30-15(4)14-29-20(25)7-3/h10-11,13,15,17H,5-9,12,14,24H2,1-4H3/t15-,17-/m0/s1. The molecule has 178 valence electrons. The second kappa shape index (κ2) is 14.2. The Hall–Kier alpha value is -2.94. The molecule has 2 atom stereocenters. The predicted molar refractivity (Wildman–Crippen MR) is 116 cm³/mol. The van der Waals surface area contributed by atoms with Gasteiger partial charge < -0.3 is 24.7 Å². The van der Waals surface area contributed by atoms with Gasteiger partial charge in [0.1, 0.15) is 18.8 Å². The average Bonchev–Trinajstić information content (AvgIpc) is 2.74. The van der Waals surface area contributed by atoms with Crippen molar-refractivity contribution in [3.8, 4) is 11.5 Å². The van der Waals surface area contributed by atoms with E-state index in [0.717, 1.165) is 0 Å². The van der Waals surface area contributed by atoms with Crippen molar-refractivity contribution in [3.63, 3.8) is 0 Å². The summed E-state index contributed by atoms with van der Waals surface area (Å²) in [6, 6.07) is 3.65. The molecule has 1 rings (SSSR count). The summed E-state index contributed by atoms with van der Waals surface area (Å²) in [5.74, 6) is -1.73. The molecule has 1 aromatic carbocycles. The minimum absolute atomic E-state index is 0.0551. The highest BCUT2D eigenvalue weighted by Crippen LogP contribution is 2.30. The van der Waals surface area contributed by atoms with Crippen LogP contribution in [0.25, 0.3) is 0 Å². The molecule has 0 fully saturated rings. The van der Waals surface area contributed by atoms with E-state index in [1.807, 2.05) is 13.8 Å². The molecule has 0 heterocycles. The van der Waals surface area contributed by atoms with Crippen LogP contribution in [0, 0.1) is 0 Å². The molecule has 0 saturated heterocycles. The zero-order valence-electron chi connectivity index (χ0n) is 19.2. The van der Waals surface area contributed by atoms with Crippen molar-refractivity contribution >= 4 is 23.9 Å². The topological polar surface area (TPSA) is 131 Å². The number of nitrogens with two attached hydrogens (primary N) is 1. The van der Waals surface area contributed by atoms with Crippen LogP contribution in [-0.2, 0) is 35.1 Å². The third kappa shape index (κ3) is 9.91. The zero-order valence-corrected chi connectivity index (χ0v) is 19.2. The lowest BCUT2D eigenvalue weighted by atomic mass is 10.1. The molecule has 0 amide bonds. The van der Waals surface area contributed by atoms with Crippen LogP contribution >= 0.6 is 0 Å². The number of rotatable bonds is 13. The van der Waals surface area contributed by atoms with Gasteiger partial charge in [0, 0.05) is 19.3 Å². The largest absolute Gasteiger partial charge is 0.462 e. The number of carbonyl (C=O) groups excluding carboxylic acids is 4. The third-order valence-electron chi connectivity index (χ3n) is 4.21. The molecule has 0 unspecified atom stereocenters. The van der Waals surface area contributed by atoms with E-state index in [2.05, 4.69) is 0 Å². The minimum atomic E-state index is -0.994. The Morgan fingerprint density at radius 2 is 1.50 bits per heavy atom. The van der Waals surface area contributed by atoms with Crippen LogP contribution in [0.15, 0.2) is 18.2 Å².